The molecule has 6 heteroatoms. The number of aromatic nitrogens is 2. The Morgan fingerprint density at radius 2 is 1.77 bits per heavy atom. The van der Waals surface area contributed by atoms with Gasteiger partial charge in [-0.05, 0) is 63.1 Å². The number of nitrogens with zero attached hydrogens (tertiary/aromatic N) is 2. The number of rotatable bonds is 3. The monoisotopic (exact) mass is 350 g/mol. The van der Waals surface area contributed by atoms with Gasteiger partial charge in [0.2, 0.25) is 0 Å². The number of hydrazine groups is 1. The van der Waals surface area contributed by atoms with E-state index in [1.165, 1.54) is 0 Å². The van der Waals surface area contributed by atoms with Crippen LogP contribution in [0.5, 0.6) is 0 Å². The minimum absolute atomic E-state index is 0.341. The van der Waals surface area contributed by atoms with E-state index in [4.69, 9.17) is 0 Å². The van der Waals surface area contributed by atoms with Gasteiger partial charge < -0.3 is 4.57 Å². The molecule has 26 heavy (non-hydrogen) atoms. The van der Waals surface area contributed by atoms with E-state index in [1.54, 1.807) is 18.2 Å². The van der Waals surface area contributed by atoms with E-state index >= 15 is 0 Å². The van der Waals surface area contributed by atoms with Crippen LogP contribution >= 0.6 is 0 Å². The number of hydrogen-bond donors (Lipinski definition) is 2. The first-order valence-corrected chi connectivity index (χ1v) is 8.56. The fourth-order valence-electron chi connectivity index (χ4n) is 3.04. The van der Waals surface area contributed by atoms with Crippen LogP contribution in [-0.2, 0) is 6.54 Å². The molecule has 0 unspecified atom stereocenters. The largest absolute Gasteiger partial charge is 0.329 e. The van der Waals surface area contributed by atoms with Crippen molar-refractivity contribution in [3.05, 3.63) is 64.5 Å². The van der Waals surface area contributed by atoms with E-state index in [-0.39, 0.29) is 11.8 Å². The van der Waals surface area contributed by atoms with Crippen LogP contribution < -0.4 is 10.9 Å². The molecule has 2 N–H and O–H groups in total. The van der Waals surface area contributed by atoms with E-state index in [9.17, 15) is 9.59 Å². The Labute approximate surface area is 152 Å². The second kappa shape index (κ2) is 7.00. The molecule has 0 atom stereocenters. The SMILES string of the molecule is CCn1c(C)nc2cc(C(=O)NNC(=O)c3cccc(C)c3C)ccc21. The van der Waals surface area contributed by atoms with Gasteiger partial charge in [0.15, 0.2) is 0 Å². The Kier molecular flexibility index (Phi) is 4.75. The number of hydrogen-bond acceptors (Lipinski definition) is 3. The minimum Gasteiger partial charge on any atom is -0.329 e. The van der Waals surface area contributed by atoms with Gasteiger partial charge in [0.05, 0.1) is 11.0 Å². The standard InChI is InChI=1S/C20H22N4O2/c1-5-24-14(4)21-17-11-15(9-10-18(17)24)19(25)22-23-20(26)16-8-6-7-12(2)13(16)3/h6-11H,5H2,1-4H3,(H,22,25)(H,23,26). The number of fused-ring (bicyclic) bond motifs is 1. The molecule has 2 amide bonds. The summed E-state index contributed by atoms with van der Waals surface area (Å²) in [6.07, 6.45) is 0. The molecule has 0 saturated carbocycles. The van der Waals surface area contributed by atoms with Crippen LogP contribution in [0.15, 0.2) is 36.4 Å². The zero-order valence-electron chi connectivity index (χ0n) is 15.4. The molecule has 134 valence electrons. The van der Waals surface area contributed by atoms with E-state index in [0.29, 0.717) is 11.1 Å². The first kappa shape index (κ1) is 17.7. The Balaban J connectivity index is 1.75. The van der Waals surface area contributed by atoms with Crippen LogP contribution in [-0.4, -0.2) is 21.4 Å². The number of benzene rings is 2. The maximum atomic E-state index is 12.4. The number of carbonyl (C=O) groups is 2. The molecule has 0 bridgehead atoms. The fraction of sp³-hybridized carbons (Fsp3) is 0.250. The maximum absolute atomic E-state index is 12.4. The maximum Gasteiger partial charge on any atom is 0.269 e. The van der Waals surface area contributed by atoms with Crippen LogP contribution in [0.3, 0.4) is 0 Å². The summed E-state index contributed by atoms with van der Waals surface area (Å²) in [6, 6.07) is 10.8. The van der Waals surface area contributed by atoms with Gasteiger partial charge in [-0.1, -0.05) is 12.1 Å². The second-order valence-corrected chi connectivity index (χ2v) is 6.26. The summed E-state index contributed by atoms with van der Waals surface area (Å²) >= 11 is 0. The summed E-state index contributed by atoms with van der Waals surface area (Å²) < 4.78 is 2.08. The highest BCUT2D eigenvalue weighted by Crippen LogP contribution is 2.18. The molecule has 0 aliphatic rings. The van der Waals surface area contributed by atoms with Crippen molar-refractivity contribution in [2.75, 3.05) is 0 Å². The molecule has 2 aromatic carbocycles. The zero-order chi connectivity index (χ0) is 18.8. The number of carbonyl (C=O) groups excluding carboxylic acids is 2. The Hall–Kier alpha value is -3.15. The van der Waals surface area contributed by atoms with Crippen LogP contribution in [0.4, 0.5) is 0 Å². The van der Waals surface area contributed by atoms with E-state index < -0.39 is 0 Å². The second-order valence-electron chi connectivity index (χ2n) is 6.26. The highest BCUT2D eigenvalue weighted by atomic mass is 16.2. The molecule has 0 aliphatic carbocycles. The Bertz CT molecular complexity index is 1000. The summed E-state index contributed by atoms with van der Waals surface area (Å²) in [5, 5.41) is 0. The van der Waals surface area contributed by atoms with Gasteiger partial charge in [-0.3, -0.25) is 20.4 Å². The lowest BCUT2D eigenvalue weighted by Crippen LogP contribution is -2.41. The van der Waals surface area contributed by atoms with Crippen molar-refractivity contribution in [3.63, 3.8) is 0 Å². The number of nitrogens with one attached hydrogen (secondary N) is 2. The summed E-state index contributed by atoms with van der Waals surface area (Å²) in [5.41, 5.74) is 9.60. The highest BCUT2D eigenvalue weighted by Gasteiger charge is 2.14. The van der Waals surface area contributed by atoms with Crippen molar-refractivity contribution in [2.45, 2.75) is 34.2 Å². The predicted octanol–water partition coefficient (Wildman–Crippen LogP) is 3.06. The van der Waals surface area contributed by atoms with E-state index in [2.05, 4.69) is 27.3 Å². The first-order chi connectivity index (χ1) is 12.4. The van der Waals surface area contributed by atoms with Gasteiger partial charge in [0.1, 0.15) is 5.82 Å². The fourth-order valence-corrected chi connectivity index (χ4v) is 3.04. The van der Waals surface area contributed by atoms with Crippen LogP contribution in [0.2, 0.25) is 0 Å². The van der Waals surface area contributed by atoms with Crippen molar-refractivity contribution < 1.29 is 9.59 Å². The molecular weight excluding hydrogens is 328 g/mol. The van der Waals surface area contributed by atoms with Gasteiger partial charge in [-0.2, -0.15) is 0 Å². The lowest BCUT2D eigenvalue weighted by atomic mass is 10.0. The van der Waals surface area contributed by atoms with Crippen molar-refractivity contribution in [1.29, 1.82) is 0 Å². The number of amides is 2. The zero-order valence-corrected chi connectivity index (χ0v) is 15.4. The van der Waals surface area contributed by atoms with Gasteiger partial charge in [0.25, 0.3) is 11.8 Å². The van der Waals surface area contributed by atoms with Gasteiger partial charge in [-0.25, -0.2) is 4.98 Å². The molecular formula is C20H22N4O2. The average Bonchev–Trinajstić information content (AvgIpc) is 2.95. The van der Waals surface area contributed by atoms with Crippen LogP contribution in [0.1, 0.15) is 44.6 Å². The molecule has 0 spiro atoms. The first-order valence-electron chi connectivity index (χ1n) is 8.56. The predicted molar refractivity (Wildman–Crippen MR) is 101 cm³/mol. The van der Waals surface area contributed by atoms with Crippen molar-refractivity contribution in [1.82, 2.24) is 20.4 Å². The third-order valence-corrected chi connectivity index (χ3v) is 4.66. The quantitative estimate of drug-likeness (QED) is 0.713. The van der Waals surface area contributed by atoms with Crippen molar-refractivity contribution in [2.24, 2.45) is 0 Å². The number of aryl methyl sites for hydroxylation is 3. The lowest BCUT2D eigenvalue weighted by molar-refractivity contribution is 0.0846. The average molecular weight is 350 g/mol. The van der Waals surface area contributed by atoms with Crippen LogP contribution in [0, 0.1) is 20.8 Å². The molecule has 0 radical (unpaired) electrons. The molecule has 3 aromatic rings. The topological polar surface area (TPSA) is 76.0 Å². The summed E-state index contributed by atoms with van der Waals surface area (Å²) in [7, 11) is 0. The molecule has 1 aromatic heterocycles. The molecule has 0 fully saturated rings. The van der Waals surface area contributed by atoms with Gasteiger partial charge in [-0.15, -0.1) is 0 Å². The molecule has 6 nitrogen and oxygen atoms in total. The Morgan fingerprint density at radius 3 is 2.50 bits per heavy atom. The third-order valence-electron chi connectivity index (χ3n) is 4.66. The minimum atomic E-state index is -0.380. The molecule has 3 rings (SSSR count). The van der Waals surface area contributed by atoms with E-state index in [0.717, 1.165) is 34.5 Å². The van der Waals surface area contributed by atoms with Crippen molar-refractivity contribution in [3.8, 4) is 0 Å². The summed E-state index contributed by atoms with van der Waals surface area (Å²) in [6.45, 7) is 8.63. The Morgan fingerprint density at radius 1 is 1.04 bits per heavy atom. The lowest BCUT2D eigenvalue weighted by Gasteiger charge is -2.10. The van der Waals surface area contributed by atoms with Crippen LogP contribution in [0.25, 0.3) is 11.0 Å². The third kappa shape index (κ3) is 3.18. The van der Waals surface area contributed by atoms with Crippen molar-refractivity contribution >= 4 is 22.8 Å². The molecule has 0 saturated heterocycles. The summed E-state index contributed by atoms with van der Waals surface area (Å²) in [4.78, 5) is 29.2. The molecule has 0 aliphatic heterocycles. The van der Waals surface area contributed by atoms with Gasteiger partial charge in [0, 0.05) is 17.7 Å². The summed E-state index contributed by atoms with van der Waals surface area (Å²) in [5.74, 6) is 0.185. The normalized spacial score (nSPS) is 10.8. The number of imidazole rings is 1. The smallest absolute Gasteiger partial charge is 0.269 e. The van der Waals surface area contributed by atoms with Gasteiger partial charge >= 0.3 is 0 Å². The van der Waals surface area contributed by atoms with E-state index in [1.807, 2.05) is 39.0 Å². The molecule has 1 heterocycles. The highest BCUT2D eigenvalue weighted by molar-refractivity contribution is 6.01.